The first-order chi connectivity index (χ1) is 18.2. The number of hydrogen-bond donors (Lipinski definition) is 1. The fourth-order valence-corrected chi connectivity index (χ4v) is 4.22. The molecular weight excluding hydrogens is 467 g/mol. The third-order valence-electron chi connectivity index (χ3n) is 6.05. The van der Waals surface area contributed by atoms with Crippen LogP contribution in [0.25, 0.3) is 32.9 Å². The normalized spacial score (nSPS) is 11.0. The maximum Gasteiger partial charge on any atom is 0.184 e. The molecule has 6 nitrogen and oxygen atoms in total. The maximum absolute atomic E-state index is 14.6. The summed E-state index contributed by atoms with van der Waals surface area (Å²) < 4.78 is 25.8. The molecule has 0 bridgehead atoms. The zero-order valence-corrected chi connectivity index (χ0v) is 19.9. The number of anilines is 2. The molecule has 180 valence electrons. The van der Waals surface area contributed by atoms with Gasteiger partial charge < -0.3 is 14.8 Å². The molecule has 2 heterocycles. The summed E-state index contributed by atoms with van der Waals surface area (Å²) in [5.41, 5.74) is 3.21. The molecule has 0 unspecified atom stereocenters. The number of nitrogens with zero attached hydrogens (tertiary/aromatic N) is 3. The summed E-state index contributed by atoms with van der Waals surface area (Å²) in [6.45, 7) is 0. The second-order valence-corrected chi connectivity index (χ2v) is 8.38. The lowest BCUT2D eigenvalue weighted by molar-refractivity contribution is 0.415. The number of hydrogen-bond acceptors (Lipinski definition) is 6. The Morgan fingerprint density at radius 2 is 1.46 bits per heavy atom. The van der Waals surface area contributed by atoms with E-state index in [9.17, 15) is 4.39 Å². The predicted molar refractivity (Wildman–Crippen MR) is 143 cm³/mol. The second kappa shape index (κ2) is 9.54. The lowest BCUT2D eigenvalue weighted by Gasteiger charge is -2.13. The lowest BCUT2D eigenvalue weighted by Crippen LogP contribution is -1.99. The Balaban J connectivity index is 1.28. The minimum absolute atomic E-state index is 0.113. The molecule has 2 aromatic heterocycles. The predicted octanol–water partition coefficient (Wildman–Crippen LogP) is 7.53. The van der Waals surface area contributed by atoms with Crippen molar-refractivity contribution in [2.45, 2.75) is 0 Å². The number of halogens is 1. The fraction of sp³-hybridized carbons (Fsp3) is 0.0333. The maximum atomic E-state index is 14.6. The van der Waals surface area contributed by atoms with Gasteiger partial charge in [-0.05, 0) is 36.4 Å². The Bertz CT molecular complexity index is 1720. The van der Waals surface area contributed by atoms with Crippen LogP contribution in [-0.4, -0.2) is 22.3 Å². The molecule has 0 spiro atoms. The molecule has 0 fully saturated rings. The van der Waals surface area contributed by atoms with Crippen LogP contribution >= 0.6 is 0 Å². The first-order valence-corrected chi connectivity index (χ1v) is 11.7. The van der Waals surface area contributed by atoms with E-state index < -0.39 is 5.82 Å². The highest BCUT2D eigenvalue weighted by Crippen LogP contribution is 2.35. The Hall–Kier alpha value is -5.04. The Labute approximate surface area is 212 Å². The van der Waals surface area contributed by atoms with Crippen LogP contribution in [0.5, 0.6) is 17.2 Å². The zero-order chi connectivity index (χ0) is 25.2. The van der Waals surface area contributed by atoms with Gasteiger partial charge in [0.25, 0.3) is 0 Å². The van der Waals surface area contributed by atoms with Crippen LogP contribution in [0.1, 0.15) is 0 Å². The summed E-state index contributed by atoms with van der Waals surface area (Å²) in [5, 5.41) is 14.8. The van der Waals surface area contributed by atoms with E-state index in [0.29, 0.717) is 28.2 Å². The smallest absolute Gasteiger partial charge is 0.184 e. The number of pyridine rings is 1. The standard InChI is InChI=1S/C30H21FN4O2/c1-36-22-15-16-25-27(17-22)32-18-26(31)29(25)37-21-13-11-20(12-14-21)33-30-24-10-6-5-9-23(24)28(34-35-30)19-7-3-2-4-8-19/h2-18H,1H3,(H,33,35). The third kappa shape index (κ3) is 4.38. The number of fused-ring (bicyclic) bond motifs is 2. The number of methoxy groups -OCH3 is 1. The van der Waals surface area contributed by atoms with Crippen LogP contribution in [0.15, 0.2) is 103 Å². The zero-order valence-electron chi connectivity index (χ0n) is 19.9. The number of aromatic nitrogens is 3. The fourth-order valence-electron chi connectivity index (χ4n) is 4.22. The molecule has 0 amide bonds. The molecule has 0 saturated heterocycles. The van der Waals surface area contributed by atoms with Gasteiger partial charge in [-0.1, -0.05) is 54.6 Å². The summed E-state index contributed by atoms with van der Waals surface area (Å²) in [4.78, 5) is 4.15. The minimum atomic E-state index is -0.542. The van der Waals surface area contributed by atoms with E-state index in [2.05, 4.69) is 20.5 Å². The van der Waals surface area contributed by atoms with Crippen LogP contribution in [-0.2, 0) is 0 Å². The Morgan fingerprint density at radius 3 is 2.24 bits per heavy atom. The van der Waals surface area contributed by atoms with Crippen molar-refractivity contribution in [3.05, 3.63) is 109 Å². The molecule has 37 heavy (non-hydrogen) atoms. The van der Waals surface area contributed by atoms with E-state index in [1.54, 1.807) is 37.4 Å². The van der Waals surface area contributed by atoms with Crippen LogP contribution in [0, 0.1) is 5.82 Å². The highest BCUT2D eigenvalue weighted by atomic mass is 19.1. The van der Waals surface area contributed by atoms with Gasteiger partial charge in [0.2, 0.25) is 0 Å². The second-order valence-electron chi connectivity index (χ2n) is 8.38. The monoisotopic (exact) mass is 488 g/mol. The largest absolute Gasteiger partial charge is 0.497 e. The summed E-state index contributed by atoms with van der Waals surface area (Å²) in [5.74, 6) is 1.34. The highest BCUT2D eigenvalue weighted by Gasteiger charge is 2.14. The molecule has 0 radical (unpaired) electrons. The van der Waals surface area contributed by atoms with E-state index in [-0.39, 0.29) is 5.75 Å². The van der Waals surface area contributed by atoms with Gasteiger partial charge in [0.1, 0.15) is 17.2 Å². The SMILES string of the molecule is COc1ccc2c(Oc3ccc(Nc4nnc(-c5ccccc5)c5ccccc45)cc3)c(F)cnc2c1. The van der Waals surface area contributed by atoms with Gasteiger partial charge in [0.15, 0.2) is 17.4 Å². The molecule has 0 aliphatic carbocycles. The quantitative estimate of drug-likeness (QED) is 0.261. The van der Waals surface area contributed by atoms with Gasteiger partial charge in [-0.3, -0.25) is 4.98 Å². The number of benzene rings is 4. The van der Waals surface area contributed by atoms with Crippen molar-refractivity contribution >= 4 is 33.2 Å². The topological polar surface area (TPSA) is 69.2 Å². The van der Waals surface area contributed by atoms with Crippen molar-refractivity contribution in [3.63, 3.8) is 0 Å². The molecule has 4 aromatic carbocycles. The van der Waals surface area contributed by atoms with Crippen molar-refractivity contribution in [2.24, 2.45) is 0 Å². The third-order valence-corrected chi connectivity index (χ3v) is 6.05. The van der Waals surface area contributed by atoms with Crippen molar-refractivity contribution in [1.29, 1.82) is 0 Å². The van der Waals surface area contributed by atoms with Crippen molar-refractivity contribution in [3.8, 4) is 28.5 Å². The summed E-state index contributed by atoms with van der Waals surface area (Å²) in [7, 11) is 1.57. The summed E-state index contributed by atoms with van der Waals surface area (Å²) in [6.07, 6.45) is 1.15. The van der Waals surface area contributed by atoms with E-state index in [1.807, 2.05) is 66.7 Å². The van der Waals surface area contributed by atoms with Gasteiger partial charge in [-0.2, -0.15) is 0 Å². The number of rotatable bonds is 6. The molecule has 6 aromatic rings. The summed E-state index contributed by atoms with van der Waals surface area (Å²) >= 11 is 0. The Kier molecular flexibility index (Phi) is 5.78. The average Bonchev–Trinajstić information content (AvgIpc) is 2.96. The first-order valence-electron chi connectivity index (χ1n) is 11.7. The van der Waals surface area contributed by atoms with Crippen LogP contribution < -0.4 is 14.8 Å². The van der Waals surface area contributed by atoms with Gasteiger partial charge in [-0.15, -0.1) is 10.2 Å². The molecule has 7 heteroatoms. The van der Waals surface area contributed by atoms with Gasteiger partial charge in [0, 0.05) is 33.5 Å². The Morgan fingerprint density at radius 1 is 0.730 bits per heavy atom. The van der Waals surface area contributed by atoms with Crippen molar-refractivity contribution in [1.82, 2.24) is 15.2 Å². The van der Waals surface area contributed by atoms with Crippen molar-refractivity contribution in [2.75, 3.05) is 12.4 Å². The van der Waals surface area contributed by atoms with E-state index >= 15 is 0 Å². The van der Waals surface area contributed by atoms with E-state index in [4.69, 9.17) is 9.47 Å². The molecule has 1 N–H and O–H groups in total. The average molecular weight is 489 g/mol. The first kappa shape index (κ1) is 22.4. The van der Waals surface area contributed by atoms with Gasteiger partial charge in [-0.25, -0.2) is 4.39 Å². The number of nitrogens with one attached hydrogen (secondary N) is 1. The molecular formula is C30H21FN4O2. The van der Waals surface area contributed by atoms with Gasteiger partial charge >= 0.3 is 0 Å². The molecule has 0 aliphatic rings. The molecule has 0 saturated carbocycles. The molecule has 0 aliphatic heterocycles. The van der Waals surface area contributed by atoms with E-state index in [1.165, 1.54) is 0 Å². The lowest BCUT2D eigenvalue weighted by atomic mass is 10.0. The van der Waals surface area contributed by atoms with Gasteiger partial charge in [0.05, 0.1) is 18.8 Å². The van der Waals surface area contributed by atoms with Crippen LogP contribution in [0.4, 0.5) is 15.9 Å². The van der Waals surface area contributed by atoms with Crippen molar-refractivity contribution < 1.29 is 13.9 Å². The van der Waals surface area contributed by atoms with Crippen LogP contribution in [0.3, 0.4) is 0 Å². The minimum Gasteiger partial charge on any atom is -0.497 e. The highest BCUT2D eigenvalue weighted by molar-refractivity contribution is 6.00. The van der Waals surface area contributed by atoms with Crippen LogP contribution in [0.2, 0.25) is 0 Å². The number of ether oxygens (including phenoxy) is 2. The summed E-state index contributed by atoms with van der Waals surface area (Å²) in [6, 6.07) is 30.5. The molecule has 6 rings (SSSR count). The van der Waals surface area contributed by atoms with E-state index in [0.717, 1.165) is 33.9 Å². The molecule has 0 atom stereocenters.